The fraction of sp³-hybridized carbons (Fsp3) is 0.385. The maximum atomic E-state index is 12.6. The van der Waals surface area contributed by atoms with Crippen molar-refractivity contribution in [2.75, 3.05) is 27.2 Å². The zero-order chi connectivity index (χ0) is 23.2. The lowest BCUT2D eigenvalue weighted by Gasteiger charge is -2.38. The maximum absolute atomic E-state index is 12.6. The van der Waals surface area contributed by atoms with Crippen LogP contribution in [0.15, 0.2) is 54.6 Å². The summed E-state index contributed by atoms with van der Waals surface area (Å²) in [4.78, 5) is 25.3. The van der Waals surface area contributed by atoms with E-state index in [0.29, 0.717) is 6.54 Å². The predicted octanol–water partition coefficient (Wildman–Crippen LogP) is 4.20. The van der Waals surface area contributed by atoms with Gasteiger partial charge < -0.3 is 19.9 Å². The minimum absolute atomic E-state index is 0.00965. The molecule has 1 fully saturated rings. The van der Waals surface area contributed by atoms with Crippen LogP contribution in [-0.2, 0) is 13.1 Å². The Balaban J connectivity index is 1.37. The van der Waals surface area contributed by atoms with E-state index >= 15 is 0 Å². The van der Waals surface area contributed by atoms with Gasteiger partial charge in [-0.2, -0.15) is 0 Å². The Morgan fingerprint density at radius 3 is 2.48 bits per heavy atom. The molecule has 0 radical (unpaired) electrons. The number of rotatable bonds is 7. The standard InChI is InChI=1S/C26H33N5O2/c1-19-24(29-25(28-19)21-9-11-23(33-3)12-10-21)18-30-15-13-22(14-16-30)31(26(32)27-2)17-20-7-5-4-6-8-20/h4-12,22H,13-18H2,1-3H3,(H,27,32)(H,28,29). The lowest BCUT2D eigenvalue weighted by atomic mass is 10.0. The first-order valence-corrected chi connectivity index (χ1v) is 11.5. The smallest absolute Gasteiger partial charge is 0.317 e. The molecule has 2 N–H and O–H groups in total. The minimum Gasteiger partial charge on any atom is -0.497 e. The number of nitrogens with one attached hydrogen (secondary N) is 2. The summed E-state index contributed by atoms with van der Waals surface area (Å²) in [5.74, 6) is 1.72. The third kappa shape index (κ3) is 5.54. The van der Waals surface area contributed by atoms with Crippen LogP contribution in [0.3, 0.4) is 0 Å². The van der Waals surface area contributed by atoms with Crippen molar-refractivity contribution in [3.63, 3.8) is 0 Å². The van der Waals surface area contributed by atoms with E-state index in [2.05, 4.69) is 34.3 Å². The number of urea groups is 1. The predicted molar refractivity (Wildman–Crippen MR) is 130 cm³/mol. The van der Waals surface area contributed by atoms with E-state index in [0.717, 1.165) is 66.6 Å². The number of nitrogens with zero attached hydrogens (tertiary/aromatic N) is 3. The number of carbonyl (C=O) groups is 1. The molecule has 2 amide bonds. The number of hydrogen-bond acceptors (Lipinski definition) is 4. The van der Waals surface area contributed by atoms with E-state index in [1.807, 2.05) is 47.4 Å². The van der Waals surface area contributed by atoms with Crippen LogP contribution in [0.25, 0.3) is 11.4 Å². The number of H-pyrrole nitrogens is 1. The Kier molecular flexibility index (Phi) is 7.29. The number of ether oxygens (including phenoxy) is 1. The van der Waals surface area contributed by atoms with Crippen LogP contribution in [-0.4, -0.2) is 59.1 Å². The second-order valence-electron chi connectivity index (χ2n) is 8.56. The average molecular weight is 448 g/mol. The van der Waals surface area contributed by atoms with Crippen LogP contribution in [0.5, 0.6) is 5.75 Å². The van der Waals surface area contributed by atoms with Gasteiger partial charge in [-0.3, -0.25) is 4.90 Å². The molecule has 1 aliphatic heterocycles. The van der Waals surface area contributed by atoms with Crippen molar-refractivity contribution in [1.82, 2.24) is 25.1 Å². The fourth-order valence-electron chi connectivity index (χ4n) is 4.43. The van der Waals surface area contributed by atoms with Gasteiger partial charge in [0.1, 0.15) is 11.6 Å². The van der Waals surface area contributed by atoms with Crippen molar-refractivity contribution in [2.45, 2.75) is 38.9 Å². The van der Waals surface area contributed by atoms with Gasteiger partial charge in [0.05, 0.1) is 12.8 Å². The van der Waals surface area contributed by atoms with Crippen LogP contribution in [0.2, 0.25) is 0 Å². The van der Waals surface area contributed by atoms with E-state index in [1.165, 1.54) is 0 Å². The highest BCUT2D eigenvalue weighted by Gasteiger charge is 2.28. The first-order valence-electron chi connectivity index (χ1n) is 11.5. The molecule has 2 heterocycles. The molecule has 1 aliphatic rings. The SMILES string of the molecule is CNC(=O)N(Cc1ccccc1)C1CCN(Cc2nc(-c3ccc(OC)cc3)[nH]c2C)CC1. The molecule has 2 aromatic carbocycles. The van der Waals surface area contributed by atoms with Gasteiger partial charge in [0.25, 0.3) is 0 Å². The summed E-state index contributed by atoms with van der Waals surface area (Å²) in [6, 6.07) is 18.4. The van der Waals surface area contributed by atoms with Crippen molar-refractivity contribution < 1.29 is 9.53 Å². The molecular weight excluding hydrogens is 414 g/mol. The van der Waals surface area contributed by atoms with Gasteiger partial charge in [-0.1, -0.05) is 30.3 Å². The van der Waals surface area contributed by atoms with Crippen LogP contribution >= 0.6 is 0 Å². The lowest BCUT2D eigenvalue weighted by Crippen LogP contribution is -2.49. The largest absolute Gasteiger partial charge is 0.497 e. The minimum atomic E-state index is -0.00965. The van der Waals surface area contributed by atoms with E-state index in [-0.39, 0.29) is 12.1 Å². The number of hydrogen-bond donors (Lipinski definition) is 2. The van der Waals surface area contributed by atoms with Gasteiger partial charge in [-0.25, -0.2) is 9.78 Å². The molecule has 7 nitrogen and oxygen atoms in total. The Bertz CT molecular complexity index is 1040. The molecule has 0 aliphatic carbocycles. The third-order valence-corrected chi connectivity index (χ3v) is 6.39. The average Bonchev–Trinajstić information content (AvgIpc) is 3.23. The van der Waals surface area contributed by atoms with Crippen molar-refractivity contribution in [1.29, 1.82) is 0 Å². The molecule has 3 aromatic rings. The Morgan fingerprint density at radius 2 is 1.85 bits per heavy atom. The molecular formula is C26H33N5O2. The highest BCUT2D eigenvalue weighted by molar-refractivity contribution is 5.74. The van der Waals surface area contributed by atoms with Gasteiger partial charge in [0.15, 0.2) is 0 Å². The number of aromatic nitrogens is 2. The summed E-state index contributed by atoms with van der Waals surface area (Å²) in [5.41, 5.74) is 4.37. The number of amides is 2. The van der Waals surface area contributed by atoms with Crippen molar-refractivity contribution in [3.8, 4) is 17.1 Å². The van der Waals surface area contributed by atoms with Crippen LogP contribution in [0.4, 0.5) is 4.79 Å². The Labute approximate surface area is 195 Å². The number of methoxy groups -OCH3 is 1. The van der Waals surface area contributed by atoms with Crippen LogP contribution in [0.1, 0.15) is 29.8 Å². The molecule has 1 aromatic heterocycles. The second kappa shape index (κ2) is 10.5. The summed E-state index contributed by atoms with van der Waals surface area (Å²) in [5, 5.41) is 2.82. The number of carbonyl (C=O) groups excluding carboxylic acids is 1. The zero-order valence-corrected chi connectivity index (χ0v) is 19.7. The quantitative estimate of drug-likeness (QED) is 0.569. The summed E-state index contributed by atoms with van der Waals surface area (Å²) in [7, 11) is 3.37. The van der Waals surface area contributed by atoms with Gasteiger partial charge in [-0.05, 0) is 49.6 Å². The normalized spacial score (nSPS) is 14.8. The molecule has 7 heteroatoms. The Hall–Kier alpha value is -3.32. The molecule has 0 atom stereocenters. The zero-order valence-electron chi connectivity index (χ0n) is 19.7. The number of piperidine rings is 1. The van der Waals surface area contributed by atoms with Gasteiger partial charge in [0.2, 0.25) is 0 Å². The van der Waals surface area contributed by atoms with E-state index in [1.54, 1.807) is 14.2 Å². The molecule has 174 valence electrons. The van der Waals surface area contributed by atoms with Crippen LogP contribution < -0.4 is 10.1 Å². The summed E-state index contributed by atoms with van der Waals surface area (Å²) in [6.45, 7) is 5.41. The second-order valence-corrected chi connectivity index (χ2v) is 8.56. The number of likely N-dealkylation sites (tertiary alicyclic amines) is 1. The van der Waals surface area contributed by atoms with Gasteiger partial charge in [-0.15, -0.1) is 0 Å². The topological polar surface area (TPSA) is 73.5 Å². The molecule has 0 saturated carbocycles. The van der Waals surface area contributed by atoms with Crippen molar-refractivity contribution in [2.24, 2.45) is 0 Å². The summed E-state index contributed by atoms with van der Waals surface area (Å²) >= 11 is 0. The number of benzene rings is 2. The molecule has 4 rings (SSSR count). The highest BCUT2D eigenvalue weighted by Crippen LogP contribution is 2.24. The number of aryl methyl sites for hydroxylation is 1. The number of aromatic amines is 1. The van der Waals surface area contributed by atoms with Crippen molar-refractivity contribution >= 4 is 6.03 Å². The molecule has 0 unspecified atom stereocenters. The fourth-order valence-corrected chi connectivity index (χ4v) is 4.43. The monoisotopic (exact) mass is 447 g/mol. The van der Waals surface area contributed by atoms with Gasteiger partial charge >= 0.3 is 6.03 Å². The molecule has 0 bridgehead atoms. The first-order chi connectivity index (χ1) is 16.1. The molecule has 0 spiro atoms. The van der Waals surface area contributed by atoms with Crippen molar-refractivity contribution in [3.05, 3.63) is 71.5 Å². The number of imidazole rings is 1. The van der Waals surface area contributed by atoms with E-state index in [9.17, 15) is 4.79 Å². The first kappa shape index (κ1) is 22.9. The van der Waals surface area contributed by atoms with E-state index < -0.39 is 0 Å². The lowest BCUT2D eigenvalue weighted by molar-refractivity contribution is 0.113. The Morgan fingerprint density at radius 1 is 1.15 bits per heavy atom. The van der Waals surface area contributed by atoms with E-state index in [4.69, 9.17) is 9.72 Å². The molecule has 1 saturated heterocycles. The third-order valence-electron chi connectivity index (χ3n) is 6.39. The van der Waals surface area contributed by atoms with Crippen LogP contribution in [0, 0.1) is 6.92 Å². The summed E-state index contributed by atoms with van der Waals surface area (Å²) in [6.07, 6.45) is 1.91. The van der Waals surface area contributed by atoms with Gasteiger partial charge in [0, 0.05) is 50.5 Å². The molecule has 33 heavy (non-hydrogen) atoms. The highest BCUT2D eigenvalue weighted by atomic mass is 16.5. The maximum Gasteiger partial charge on any atom is 0.317 e. The summed E-state index contributed by atoms with van der Waals surface area (Å²) < 4.78 is 5.25.